The number of carbonyl (C=O) groups excluding carboxylic acids is 2. The third kappa shape index (κ3) is 10.0. The summed E-state index contributed by atoms with van der Waals surface area (Å²) in [7, 11) is 4.43. The van der Waals surface area contributed by atoms with Crippen LogP contribution in [-0.2, 0) is 71.2 Å². The Morgan fingerprint density at radius 2 is 1.08 bits per heavy atom. The number of carbonyl (C=O) groups is 2. The fourth-order valence-corrected chi connectivity index (χ4v) is 7.81. The van der Waals surface area contributed by atoms with Gasteiger partial charge in [-0.25, -0.2) is 0 Å². The Morgan fingerprint density at radius 1 is 0.585 bits per heavy atom. The smallest absolute Gasteiger partial charge is 0.308 e. The summed E-state index contributed by atoms with van der Waals surface area (Å²) in [5.41, 5.74) is 0. The molecule has 0 aromatic heterocycles. The summed E-state index contributed by atoms with van der Waals surface area (Å²) < 4.78 is 76.6. The average molecular weight is 767 g/mol. The molecule has 20 atom stereocenters. The van der Waals surface area contributed by atoms with Crippen molar-refractivity contribution < 1.29 is 86.5 Å². The van der Waals surface area contributed by atoms with Crippen LogP contribution in [-0.4, -0.2) is 171 Å². The molecule has 5 rings (SSSR count). The first-order valence-electron chi connectivity index (χ1n) is 18.4. The van der Waals surface area contributed by atoms with Gasteiger partial charge in [0.15, 0.2) is 31.3 Å². The molecule has 0 radical (unpaired) electrons. The van der Waals surface area contributed by atoms with Crippen molar-refractivity contribution in [3.63, 3.8) is 0 Å². The zero-order valence-electron chi connectivity index (χ0n) is 31.8. The Labute approximate surface area is 309 Å². The lowest BCUT2D eigenvalue weighted by Crippen LogP contribution is -2.62. The largest absolute Gasteiger partial charge is 0.460 e. The van der Waals surface area contributed by atoms with E-state index in [4.69, 9.17) is 61.6 Å². The van der Waals surface area contributed by atoms with E-state index < -0.39 is 129 Å². The molecule has 0 amide bonds. The zero-order valence-corrected chi connectivity index (χ0v) is 31.8. The Hall–Kier alpha value is -1.62. The highest BCUT2D eigenvalue weighted by Crippen LogP contribution is 2.35. The fourth-order valence-electron chi connectivity index (χ4n) is 7.81. The van der Waals surface area contributed by atoms with E-state index in [1.165, 1.54) is 28.3 Å². The molecule has 5 heterocycles. The molecule has 5 saturated heterocycles. The lowest BCUT2D eigenvalue weighted by Gasteiger charge is -2.47. The first kappa shape index (κ1) is 42.5. The normalized spacial score (nSPS) is 48.2. The van der Waals surface area contributed by atoms with Crippen LogP contribution in [0.25, 0.3) is 0 Å². The van der Waals surface area contributed by atoms with E-state index in [1.54, 1.807) is 34.6 Å². The van der Waals surface area contributed by atoms with E-state index in [9.17, 15) is 24.9 Å². The molecule has 53 heavy (non-hydrogen) atoms. The van der Waals surface area contributed by atoms with Crippen LogP contribution in [0.3, 0.4) is 0 Å². The molecule has 18 heteroatoms. The van der Waals surface area contributed by atoms with Crippen molar-refractivity contribution in [2.24, 2.45) is 0 Å². The molecule has 0 spiro atoms. The van der Waals surface area contributed by atoms with Crippen LogP contribution >= 0.6 is 0 Å². The van der Waals surface area contributed by atoms with Gasteiger partial charge in [0.1, 0.15) is 42.7 Å². The van der Waals surface area contributed by atoms with Crippen molar-refractivity contribution in [3.05, 3.63) is 0 Å². The van der Waals surface area contributed by atoms with Crippen LogP contribution in [0.1, 0.15) is 67.2 Å². The van der Waals surface area contributed by atoms with Crippen molar-refractivity contribution in [3.8, 4) is 0 Å². The van der Waals surface area contributed by atoms with Crippen molar-refractivity contribution in [2.75, 3.05) is 21.3 Å². The molecule has 0 aliphatic carbocycles. The minimum absolute atomic E-state index is 0.0499. The maximum Gasteiger partial charge on any atom is 0.308 e. The fraction of sp³-hybridized carbons (Fsp3) is 0.943. The average Bonchev–Trinajstić information content (AvgIpc) is 3.08. The highest BCUT2D eigenvalue weighted by atomic mass is 16.8. The second-order valence-electron chi connectivity index (χ2n) is 14.5. The Kier molecular flexibility index (Phi) is 14.9. The van der Waals surface area contributed by atoms with E-state index >= 15 is 0 Å². The van der Waals surface area contributed by atoms with Gasteiger partial charge in [-0.05, 0) is 34.6 Å². The summed E-state index contributed by atoms with van der Waals surface area (Å²) in [5, 5.41) is 32.9. The number of rotatable bonds is 12. The van der Waals surface area contributed by atoms with E-state index in [2.05, 4.69) is 0 Å². The molecule has 0 aromatic carbocycles. The molecule has 5 aliphatic rings. The topological polar surface area (TPSA) is 215 Å². The molecule has 5 aliphatic heterocycles. The summed E-state index contributed by atoms with van der Waals surface area (Å²) in [6.45, 7) is 9.90. The Morgan fingerprint density at radius 3 is 1.57 bits per heavy atom. The van der Waals surface area contributed by atoms with E-state index in [0.29, 0.717) is 0 Å². The standard InChI is InChI=1S/C35H58O18/c1-14-28(40)33(43-9)34(49-19(6)36)35(48-14)53-32-18(5)47-27(13-23(32)42-8)51-30-16(3)45-25(10-20(30)37)50-29-15(2)46-26(11-21(29)38)52-31-17(4)44-24(39)12-22(31)41-7/h14-18,20-23,25-35,37-38,40H,10-13H2,1-9H3/t14-,15-,16-,17-,18-,20-,21+,22-,23+,25+,26+,27+,28+,29-,30-,31-,32-,33+,34-,35+/m1/s1. The van der Waals surface area contributed by atoms with E-state index in [-0.39, 0.29) is 31.7 Å². The van der Waals surface area contributed by atoms with Gasteiger partial charge in [0.25, 0.3) is 0 Å². The molecular weight excluding hydrogens is 708 g/mol. The minimum atomic E-state index is -1.08. The van der Waals surface area contributed by atoms with Crippen LogP contribution in [0.5, 0.6) is 0 Å². The number of esters is 2. The van der Waals surface area contributed by atoms with Gasteiger partial charge >= 0.3 is 11.9 Å². The minimum Gasteiger partial charge on any atom is -0.460 e. The van der Waals surface area contributed by atoms with Gasteiger partial charge in [-0.1, -0.05) is 0 Å². The second-order valence-corrected chi connectivity index (χ2v) is 14.5. The first-order chi connectivity index (χ1) is 25.1. The van der Waals surface area contributed by atoms with Crippen molar-refractivity contribution in [1.29, 1.82) is 0 Å². The third-order valence-corrected chi connectivity index (χ3v) is 10.6. The SMILES string of the molecule is CO[C@H]1[C@@H](O)[C@@H](C)O[C@@H](O[C@H]2[C@@H](OC)C[C@H](O[C@H]3[C@H](O)C[C@H](O[C@H]4[C@@H](O)C[C@H](O[C@@H]5[C@@H](C)OC(=O)C[C@H]5OC)O[C@@H]4C)O[C@@H]3C)O[C@@H]2C)[C@@H]1OC(C)=O. The van der Waals surface area contributed by atoms with Crippen LogP contribution < -0.4 is 0 Å². The summed E-state index contributed by atoms with van der Waals surface area (Å²) in [4.78, 5) is 23.8. The highest BCUT2D eigenvalue weighted by molar-refractivity contribution is 5.71. The van der Waals surface area contributed by atoms with Gasteiger partial charge in [0.05, 0.1) is 55.3 Å². The molecule has 306 valence electrons. The number of aliphatic hydroxyl groups is 3. The lowest BCUT2D eigenvalue weighted by atomic mass is 9.97. The maximum absolute atomic E-state index is 11.9. The van der Waals surface area contributed by atoms with Crippen LogP contribution in [0.15, 0.2) is 0 Å². The molecule has 5 fully saturated rings. The van der Waals surface area contributed by atoms with Crippen molar-refractivity contribution in [2.45, 2.75) is 190 Å². The van der Waals surface area contributed by atoms with Gasteiger partial charge in [-0.2, -0.15) is 0 Å². The predicted octanol–water partition coefficient (Wildman–Crippen LogP) is 0.0715. The van der Waals surface area contributed by atoms with Crippen LogP contribution in [0.4, 0.5) is 0 Å². The molecule has 0 aromatic rings. The third-order valence-electron chi connectivity index (χ3n) is 10.6. The van der Waals surface area contributed by atoms with Crippen molar-refractivity contribution in [1.82, 2.24) is 0 Å². The molecule has 18 nitrogen and oxygen atoms in total. The number of hydrogen-bond acceptors (Lipinski definition) is 18. The summed E-state index contributed by atoms with van der Waals surface area (Å²) >= 11 is 0. The van der Waals surface area contributed by atoms with Gasteiger partial charge in [-0.15, -0.1) is 0 Å². The summed E-state index contributed by atoms with van der Waals surface area (Å²) in [5.74, 6) is -0.958. The second kappa shape index (κ2) is 18.5. The van der Waals surface area contributed by atoms with Gasteiger partial charge < -0.3 is 76.9 Å². The zero-order chi connectivity index (χ0) is 38.7. The van der Waals surface area contributed by atoms with Crippen molar-refractivity contribution >= 4 is 11.9 Å². The van der Waals surface area contributed by atoms with Gasteiger partial charge in [-0.3, -0.25) is 9.59 Å². The number of methoxy groups -OCH3 is 3. The van der Waals surface area contributed by atoms with Crippen LogP contribution in [0.2, 0.25) is 0 Å². The Balaban J connectivity index is 1.13. The molecule has 0 saturated carbocycles. The molecule has 3 N–H and O–H groups in total. The predicted molar refractivity (Wildman–Crippen MR) is 177 cm³/mol. The highest BCUT2D eigenvalue weighted by Gasteiger charge is 2.51. The maximum atomic E-state index is 11.9. The first-order valence-corrected chi connectivity index (χ1v) is 18.4. The summed E-state index contributed by atoms with van der Waals surface area (Å²) in [6, 6.07) is 0. The Bertz CT molecular complexity index is 1170. The monoisotopic (exact) mass is 766 g/mol. The molecular formula is C35H58O18. The number of aliphatic hydroxyl groups excluding tert-OH is 3. The quantitative estimate of drug-likeness (QED) is 0.224. The molecule has 0 unspecified atom stereocenters. The van der Waals surface area contributed by atoms with Gasteiger partial charge in [0, 0.05) is 47.5 Å². The lowest BCUT2D eigenvalue weighted by molar-refractivity contribution is -0.355. The van der Waals surface area contributed by atoms with Gasteiger partial charge in [0.2, 0.25) is 0 Å². The number of ether oxygens (including phenoxy) is 13. The van der Waals surface area contributed by atoms with E-state index in [1.807, 2.05) is 0 Å². The van der Waals surface area contributed by atoms with E-state index in [0.717, 1.165) is 0 Å². The van der Waals surface area contributed by atoms with Crippen LogP contribution in [0, 0.1) is 0 Å². The molecule has 0 bridgehead atoms. The summed E-state index contributed by atoms with van der Waals surface area (Å²) in [6.07, 6.45) is -15.1. The number of cyclic esters (lactones) is 1. The number of hydrogen-bond donors (Lipinski definition) is 3.